The van der Waals surface area contributed by atoms with Crippen molar-refractivity contribution >= 4 is 23.0 Å². The van der Waals surface area contributed by atoms with Crippen molar-refractivity contribution in [3.8, 4) is 11.3 Å². The average molecular weight is 288 g/mol. The van der Waals surface area contributed by atoms with E-state index >= 15 is 0 Å². The first-order chi connectivity index (χ1) is 9.56. The molecule has 1 N–H and O–H groups in total. The SMILES string of the molecule is C/C(O)=c1\cnc2cc(-c3ccc(Cl)cc3)nn2c1=O. The van der Waals surface area contributed by atoms with E-state index in [1.54, 1.807) is 18.2 Å². The smallest absolute Gasteiger partial charge is 0.285 e. The van der Waals surface area contributed by atoms with Gasteiger partial charge in [-0.3, -0.25) is 4.79 Å². The van der Waals surface area contributed by atoms with Gasteiger partial charge in [0.1, 0.15) is 5.76 Å². The molecule has 0 aliphatic carbocycles. The third kappa shape index (κ3) is 2.02. The van der Waals surface area contributed by atoms with E-state index in [0.717, 1.165) is 5.56 Å². The molecule has 20 heavy (non-hydrogen) atoms. The molecule has 0 saturated carbocycles. The van der Waals surface area contributed by atoms with Gasteiger partial charge in [-0.1, -0.05) is 23.7 Å². The molecule has 3 rings (SSSR count). The minimum atomic E-state index is -0.393. The Morgan fingerprint density at radius 2 is 2.00 bits per heavy atom. The zero-order valence-electron chi connectivity index (χ0n) is 10.5. The minimum absolute atomic E-state index is 0.0760. The van der Waals surface area contributed by atoms with Crippen LogP contribution in [0.25, 0.3) is 22.7 Å². The highest BCUT2D eigenvalue weighted by atomic mass is 35.5. The third-order valence-corrected chi connectivity index (χ3v) is 3.22. The fourth-order valence-electron chi connectivity index (χ4n) is 1.92. The zero-order valence-corrected chi connectivity index (χ0v) is 11.3. The fraction of sp³-hybridized carbons (Fsp3) is 0.0714. The molecule has 0 saturated heterocycles. The Balaban J connectivity index is 2.26. The highest BCUT2D eigenvalue weighted by Crippen LogP contribution is 2.20. The maximum Gasteiger partial charge on any atom is 0.285 e. The highest BCUT2D eigenvalue weighted by molar-refractivity contribution is 6.30. The molecule has 0 atom stereocenters. The normalized spacial score (nSPS) is 12.7. The van der Waals surface area contributed by atoms with E-state index in [1.165, 1.54) is 17.6 Å². The van der Waals surface area contributed by atoms with Crippen molar-refractivity contribution < 1.29 is 5.11 Å². The number of hydrogen-bond acceptors (Lipinski definition) is 4. The first kappa shape index (κ1) is 12.6. The molecule has 0 aliphatic rings. The second-order valence-electron chi connectivity index (χ2n) is 4.37. The van der Waals surface area contributed by atoms with Crippen LogP contribution in [0.4, 0.5) is 0 Å². The number of aliphatic hydroxyl groups excluding tert-OH is 1. The number of aromatic nitrogens is 3. The Labute approximate surface area is 118 Å². The molecule has 0 fully saturated rings. The largest absolute Gasteiger partial charge is 0.512 e. The van der Waals surface area contributed by atoms with E-state index in [0.29, 0.717) is 16.4 Å². The number of aliphatic hydroxyl groups is 1. The van der Waals surface area contributed by atoms with Gasteiger partial charge < -0.3 is 5.11 Å². The summed E-state index contributed by atoms with van der Waals surface area (Å²) in [6, 6.07) is 8.85. The van der Waals surface area contributed by atoms with Crippen LogP contribution < -0.4 is 10.8 Å². The maximum atomic E-state index is 12.1. The van der Waals surface area contributed by atoms with Gasteiger partial charge in [0, 0.05) is 22.8 Å². The molecule has 0 spiro atoms. The topological polar surface area (TPSA) is 67.5 Å². The van der Waals surface area contributed by atoms with Crippen LogP contribution in [0.1, 0.15) is 6.92 Å². The van der Waals surface area contributed by atoms with E-state index in [1.807, 2.05) is 12.1 Å². The first-order valence-electron chi connectivity index (χ1n) is 5.91. The van der Waals surface area contributed by atoms with E-state index in [2.05, 4.69) is 10.1 Å². The summed E-state index contributed by atoms with van der Waals surface area (Å²) in [5.74, 6) is -0.0760. The van der Waals surface area contributed by atoms with Gasteiger partial charge in [0.05, 0.1) is 10.9 Å². The number of nitrogens with zero attached hydrogens (tertiary/aromatic N) is 3. The van der Waals surface area contributed by atoms with Crippen LogP contribution in [-0.2, 0) is 0 Å². The summed E-state index contributed by atoms with van der Waals surface area (Å²) in [6.07, 6.45) is 1.35. The number of fused-ring (bicyclic) bond motifs is 1. The Hall–Kier alpha value is -2.40. The molecule has 2 aromatic heterocycles. The molecular formula is C14H10ClN3O2. The van der Waals surface area contributed by atoms with E-state index in [4.69, 9.17) is 11.6 Å². The van der Waals surface area contributed by atoms with Gasteiger partial charge >= 0.3 is 0 Å². The summed E-state index contributed by atoms with van der Waals surface area (Å²) in [5.41, 5.74) is 1.50. The molecule has 100 valence electrons. The van der Waals surface area contributed by atoms with Crippen molar-refractivity contribution in [3.05, 3.63) is 57.1 Å². The van der Waals surface area contributed by atoms with E-state index in [9.17, 15) is 9.90 Å². The van der Waals surface area contributed by atoms with Crippen molar-refractivity contribution in [2.45, 2.75) is 6.92 Å². The highest BCUT2D eigenvalue weighted by Gasteiger charge is 2.08. The van der Waals surface area contributed by atoms with Crippen molar-refractivity contribution in [3.63, 3.8) is 0 Å². The van der Waals surface area contributed by atoms with Gasteiger partial charge in [0.2, 0.25) is 0 Å². The summed E-state index contributed by atoms with van der Waals surface area (Å²) in [4.78, 5) is 16.2. The number of halogens is 1. The number of rotatable bonds is 1. The standard InChI is InChI=1S/C14H10ClN3O2/c1-8(19)11-7-16-13-6-12(17-18(13)14(11)20)9-2-4-10(15)5-3-9/h2-7,19H,1H3/b11-8-. The molecule has 3 aromatic rings. The van der Waals surface area contributed by atoms with Gasteiger partial charge in [-0.25, -0.2) is 4.98 Å². The fourth-order valence-corrected chi connectivity index (χ4v) is 2.05. The lowest BCUT2D eigenvalue weighted by atomic mass is 10.2. The van der Waals surface area contributed by atoms with Crippen LogP contribution in [0.15, 0.2) is 41.3 Å². The average Bonchev–Trinajstić information content (AvgIpc) is 2.84. The first-order valence-corrected chi connectivity index (χ1v) is 6.28. The predicted molar refractivity (Wildman–Crippen MR) is 76.6 cm³/mol. The Morgan fingerprint density at radius 3 is 2.65 bits per heavy atom. The molecule has 0 unspecified atom stereocenters. The Bertz CT molecular complexity index is 897. The van der Waals surface area contributed by atoms with Gasteiger partial charge in [-0.15, -0.1) is 0 Å². The molecule has 0 radical (unpaired) electrons. The van der Waals surface area contributed by atoms with Gasteiger partial charge in [0.25, 0.3) is 5.56 Å². The quantitative estimate of drug-likeness (QED) is 0.741. The molecule has 6 heteroatoms. The summed E-state index contributed by atoms with van der Waals surface area (Å²) < 4.78 is 1.18. The summed E-state index contributed by atoms with van der Waals surface area (Å²) in [6.45, 7) is 1.44. The lowest BCUT2D eigenvalue weighted by molar-refractivity contribution is 0.497. The molecule has 1 aromatic carbocycles. The summed E-state index contributed by atoms with van der Waals surface area (Å²) >= 11 is 5.84. The molecule has 5 nitrogen and oxygen atoms in total. The maximum absolute atomic E-state index is 12.1. The van der Waals surface area contributed by atoms with Crippen LogP contribution in [0.3, 0.4) is 0 Å². The van der Waals surface area contributed by atoms with Crippen LogP contribution in [0.2, 0.25) is 5.02 Å². The molecule has 2 heterocycles. The van der Waals surface area contributed by atoms with Gasteiger partial charge in [-0.05, 0) is 19.1 Å². The summed E-state index contributed by atoms with van der Waals surface area (Å²) in [7, 11) is 0. The van der Waals surface area contributed by atoms with Gasteiger partial charge in [0.15, 0.2) is 5.65 Å². The molecule has 0 bridgehead atoms. The van der Waals surface area contributed by atoms with Crippen molar-refractivity contribution in [1.29, 1.82) is 0 Å². The van der Waals surface area contributed by atoms with E-state index < -0.39 is 5.56 Å². The second kappa shape index (κ2) is 4.61. The van der Waals surface area contributed by atoms with Crippen LogP contribution in [0.5, 0.6) is 0 Å². The van der Waals surface area contributed by atoms with Crippen LogP contribution in [-0.4, -0.2) is 19.7 Å². The third-order valence-electron chi connectivity index (χ3n) is 2.97. The Morgan fingerprint density at radius 1 is 1.30 bits per heavy atom. The molecule has 0 aliphatic heterocycles. The Kier molecular flexibility index (Phi) is 2.91. The van der Waals surface area contributed by atoms with Crippen molar-refractivity contribution in [2.75, 3.05) is 0 Å². The summed E-state index contributed by atoms with van der Waals surface area (Å²) in [5, 5.41) is 14.4. The predicted octanol–water partition coefficient (Wildman–Crippen LogP) is 1.81. The number of benzene rings is 1. The minimum Gasteiger partial charge on any atom is -0.512 e. The lowest BCUT2D eigenvalue weighted by Crippen LogP contribution is -2.33. The van der Waals surface area contributed by atoms with Crippen LogP contribution >= 0.6 is 11.6 Å². The number of hydrogen-bond donors (Lipinski definition) is 1. The monoisotopic (exact) mass is 287 g/mol. The second-order valence-corrected chi connectivity index (χ2v) is 4.81. The van der Waals surface area contributed by atoms with Crippen LogP contribution in [0, 0.1) is 0 Å². The van der Waals surface area contributed by atoms with Crippen molar-refractivity contribution in [1.82, 2.24) is 14.6 Å². The zero-order chi connectivity index (χ0) is 14.3. The lowest BCUT2D eigenvalue weighted by Gasteiger charge is -1.95. The van der Waals surface area contributed by atoms with Gasteiger partial charge in [-0.2, -0.15) is 9.61 Å². The molecule has 0 amide bonds. The van der Waals surface area contributed by atoms with E-state index in [-0.39, 0.29) is 11.0 Å². The molecular weight excluding hydrogens is 278 g/mol. The van der Waals surface area contributed by atoms with Crippen molar-refractivity contribution in [2.24, 2.45) is 0 Å².